The van der Waals surface area contributed by atoms with E-state index in [1.54, 1.807) is 6.20 Å². The van der Waals surface area contributed by atoms with E-state index < -0.39 is 0 Å². The number of aromatic nitrogens is 2. The highest BCUT2D eigenvalue weighted by Gasteiger charge is 2.16. The summed E-state index contributed by atoms with van der Waals surface area (Å²) in [6.07, 6.45) is 9.91. The number of aryl methyl sites for hydroxylation is 1. The van der Waals surface area contributed by atoms with Gasteiger partial charge in [0.1, 0.15) is 5.82 Å². The van der Waals surface area contributed by atoms with Gasteiger partial charge in [-0.3, -0.25) is 0 Å². The van der Waals surface area contributed by atoms with Gasteiger partial charge in [0.25, 0.3) is 0 Å². The standard InChI is InChI=1S/C12H21N3O/c1-15-8-7-14-12(15)11(13)6-2-4-10-5-3-9-16-10/h7-8,10-11H,2-6,9,13H2,1H3. The van der Waals surface area contributed by atoms with E-state index in [2.05, 4.69) is 4.98 Å². The second-order valence-electron chi connectivity index (χ2n) is 4.57. The molecule has 16 heavy (non-hydrogen) atoms. The number of ether oxygens (including phenoxy) is 1. The summed E-state index contributed by atoms with van der Waals surface area (Å²) in [5.41, 5.74) is 6.10. The summed E-state index contributed by atoms with van der Waals surface area (Å²) in [6, 6.07) is 0.0569. The van der Waals surface area contributed by atoms with E-state index in [0.29, 0.717) is 6.10 Å². The third kappa shape index (κ3) is 2.83. The minimum Gasteiger partial charge on any atom is -0.378 e. The van der Waals surface area contributed by atoms with Gasteiger partial charge in [-0.15, -0.1) is 0 Å². The zero-order valence-corrected chi connectivity index (χ0v) is 9.93. The number of nitrogens with zero attached hydrogens (tertiary/aromatic N) is 2. The maximum atomic E-state index is 6.10. The molecule has 0 aliphatic carbocycles. The Morgan fingerprint density at radius 1 is 1.69 bits per heavy atom. The lowest BCUT2D eigenvalue weighted by Gasteiger charge is -2.13. The van der Waals surface area contributed by atoms with Gasteiger partial charge in [-0.2, -0.15) is 0 Å². The molecule has 0 spiro atoms. The first-order valence-corrected chi connectivity index (χ1v) is 6.12. The molecule has 1 aliphatic heterocycles. The number of hydrogen-bond acceptors (Lipinski definition) is 3. The molecular weight excluding hydrogens is 202 g/mol. The van der Waals surface area contributed by atoms with Crippen molar-refractivity contribution in [2.75, 3.05) is 6.61 Å². The summed E-state index contributed by atoms with van der Waals surface area (Å²) in [7, 11) is 1.99. The molecule has 1 aromatic heterocycles. The molecule has 0 bridgehead atoms. The van der Waals surface area contributed by atoms with Gasteiger partial charge in [0.2, 0.25) is 0 Å². The molecule has 1 aliphatic rings. The molecule has 2 rings (SSSR count). The van der Waals surface area contributed by atoms with Gasteiger partial charge in [0.15, 0.2) is 0 Å². The number of imidazole rings is 1. The van der Waals surface area contributed by atoms with Crippen LogP contribution >= 0.6 is 0 Å². The fourth-order valence-electron chi connectivity index (χ4n) is 2.30. The molecule has 4 nitrogen and oxygen atoms in total. The lowest BCUT2D eigenvalue weighted by molar-refractivity contribution is 0.101. The van der Waals surface area contributed by atoms with Crippen molar-refractivity contribution < 1.29 is 4.74 Å². The van der Waals surface area contributed by atoms with Crippen LogP contribution in [0.2, 0.25) is 0 Å². The molecule has 0 aromatic carbocycles. The highest BCUT2D eigenvalue weighted by atomic mass is 16.5. The summed E-state index contributed by atoms with van der Waals surface area (Å²) in [4.78, 5) is 4.27. The third-order valence-electron chi connectivity index (χ3n) is 3.26. The molecule has 2 unspecified atom stereocenters. The first kappa shape index (κ1) is 11.6. The monoisotopic (exact) mass is 223 g/mol. The van der Waals surface area contributed by atoms with Crippen molar-refractivity contribution in [3.8, 4) is 0 Å². The van der Waals surface area contributed by atoms with E-state index in [9.17, 15) is 0 Å². The molecule has 4 heteroatoms. The molecule has 2 N–H and O–H groups in total. The fourth-order valence-corrected chi connectivity index (χ4v) is 2.30. The highest BCUT2D eigenvalue weighted by Crippen LogP contribution is 2.20. The van der Waals surface area contributed by atoms with Crippen LogP contribution < -0.4 is 5.73 Å². The SMILES string of the molecule is Cn1ccnc1C(N)CCCC1CCCO1. The summed E-state index contributed by atoms with van der Waals surface area (Å²) < 4.78 is 7.58. The predicted molar refractivity (Wildman–Crippen MR) is 63.0 cm³/mol. The van der Waals surface area contributed by atoms with E-state index in [1.807, 2.05) is 17.8 Å². The van der Waals surface area contributed by atoms with Crippen LogP contribution in [0.5, 0.6) is 0 Å². The van der Waals surface area contributed by atoms with Crippen LogP contribution in [0.3, 0.4) is 0 Å². The van der Waals surface area contributed by atoms with Gasteiger partial charge in [-0.1, -0.05) is 0 Å². The average molecular weight is 223 g/mol. The fraction of sp³-hybridized carbons (Fsp3) is 0.750. The zero-order chi connectivity index (χ0) is 11.4. The minimum absolute atomic E-state index is 0.0569. The molecule has 90 valence electrons. The van der Waals surface area contributed by atoms with Crippen LogP contribution in [0.15, 0.2) is 12.4 Å². The summed E-state index contributed by atoms with van der Waals surface area (Å²) in [5.74, 6) is 0.979. The van der Waals surface area contributed by atoms with Gasteiger partial charge < -0.3 is 15.0 Å². The van der Waals surface area contributed by atoms with E-state index in [1.165, 1.54) is 12.8 Å². The van der Waals surface area contributed by atoms with Crippen molar-refractivity contribution >= 4 is 0 Å². The second kappa shape index (κ2) is 5.46. The van der Waals surface area contributed by atoms with Gasteiger partial charge in [-0.05, 0) is 32.1 Å². The lowest BCUT2D eigenvalue weighted by Crippen LogP contribution is -2.16. The van der Waals surface area contributed by atoms with E-state index in [0.717, 1.165) is 31.7 Å². The molecule has 0 saturated carbocycles. The summed E-state index contributed by atoms with van der Waals surface area (Å²) >= 11 is 0. The van der Waals surface area contributed by atoms with Crippen LogP contribution in [-0.2, 0) is 11.8 Å². The van der Waals surface area contributed by atoms with Crippen LogP contribution in [0, 0.1) is 0 Å². The molecule has 2 atom stereocenters. The Labute approximate surface area is 96.8 Å². The van der Waals surface area contributed by atoms with Crippen molar-refractivity contribution in [3.05, 3.63) is 18.2 Å². The molecule has 1 aromatic rings. The third-order valence-corrected chi connectivity index (χ3v) is 3.26. The Morgan fingerprint density at radius 3 is 3.19 bits per heavy atom. The lowest BCUT2D eigenvalue weighted by atomic mass is 10.1. The van der Waals surface area contributed by atoms with Crippen LogP contribution in [0.25, 0.3) is 0 Å². The number of nitrogens with two attached hydrogens (primary N) is 1. The first-order chi connectivity index (χ1) is 7.77. The number of rotatable bonds is 5. The summed E-state index contributed by atoms with van der Waals surface area (Å²) in [5, 5.41) is 0. The van der Waals surface area contributed by atoms with Gasteiger partial charge in [0.05, 0.1) is 12.1 Å². The Kier molecular flexibility index (Phi) is 3.96. The van der Waals surface area contributed by atoms with Crippen molar-refractivity contribution in [3.63, 3.8) is 0 Å². The van der Waals surface area contributed by atoms with Gasteiger partial charge >= 0.3 is 0 Å². The van der Waals surface area contributed by atoms with Crippen molar-refractivity contribution in [2.45, 2.75) is 44.2 Å². The average Bonchev–Trinajstić information content (AvgIpc) is 2.88. The Hall–Kier alpha value is -0.870. The smallest absolute Gasteiger partial charge is 0.125 e. The Balaban J connectivity index is 1.71. The van der Waals surface area contributed by atoms with Crippen molar-refractivity contribution in [1.29, 1.82) is 0 Å². The normalized spacial score (nSPS) is 22.5. The zero-order valence-electron chi connectivity index (χ0n) is 9.93. The van der Waals surface area contributed by atoms with E-state index >= 15 is 0 Å². The largest absolute Gasteiger partial charge is 0.378 e. The van der Waals surface area contributed by atoms with Crippen LogP contribution in [-0.4, -0.2) is 22.3 Å². The van der Waals surface area contributed by atoms with Crippen LogP contribution in [0.4, 0.5) is 0 Å². The molecule has 0 amide bonds. The highest BCUT2D eigenvalue weighted by molar-refractivity contribution is 4.97. The quantitative estimate of drug-likeness (QED) is 0.827. The Bertz CT molecular complexity index is 318. The van der Waals surface area contributed by atoms with Crippen molar-refractivity contribution in [2.24, 2.45) is 12.8 Å². The van der Waals surface area contributed by atoms with E-state index in [-0.39, 0.29) is 6.04 Å². The van der Waals surface area contributed by atoms with E-state index in [4.69, 9.17) is 10.5 Å². The van der Waals surface area contributed by atoms with Crippen LogP contribution in [0.1, 0.15) is 44.0 Å². The maximum Gasteiger partial charge on any atom is 0.125 e. The molecule has 0 radical (unpaired) electrons. The second-order valence-corrected chi connectivity index (χ2v) is 4.57. The molecular formula is C12H21N3O. The summed E-state index contributed by atoms with van der Waals surface area (Å²) in [6.45, 7) is 0.941. The predicted octanol–water partition coefficient (Wildman–Crippen LogP) is 1.77. The van der Waals surface area contributed by atoms with Gasteiger partial charge in [0, 0.05) is 26.0 Å². The molecule has 2 heterocycles. The first-order valence-electron chi connectivity index (χ1n) is 6.12. The maximum absolute atomic E-state index is 6.10. The minimum atomic E-state index is 0.0569. The molecule has 1 saturated heterocycles. The topological polar surface area (TPSA) is 53.1 Å². The number of hydrogen-bond donors (Lipinski definition) is 1. The van der Waals surface area contributed by atoms with Crippen molar-refractivity contribution in [1.82, 2.24) is 9.55 Å². The van der Waals surface area contributed by atoms with Gasteiger partial charge in [-0.25, -0.2) is 4.98 Å². The Morgan fingerprint density at radius 2 is 2.56 bits per heavy atom. The molecule has 1 fully saturated rings.